The molecule has 6 heteroatoms. The normalized spacial score (nSPS) is 21.4. The second-order valence-electron chi connectivity index (χ2n) is 6.27. The SMILES string of the molecule is COc1cc2c(cc1OC)C1CC(=O)NCCCCC(=O)N1CC2. The highest BCUT2D eigenvalue weighted by Gasteiger charge is 2.33. The number of carbonyl (C=O) groups is 2. The van der Waals surface area contributed by atoms with Crippen molar-refractivity contribution in [3.63, 3.8) is 0 Å². The van der Waals surface area contributed by atoms with Crippen molar-refractivity contribution in [3.8, 4) is 11.5 Å². The van der Waals surface area contributed by atoms with Crippen LogP contribution in [0.25, 0.3) is 0 Å². The Hall–Kier alpha value is -2.24. The molecule has 1 atom stereocenters. The van der Waals surface area contributed by atoms with Crippen LogP contribution in [0.3, 0.4) is 0 Å². The molecule has 0 radical (unpaired) electrons. The lowest BCUT2D eigenvalue weighted by molar-refractivity contribution is -0.136. The van der Waals surface area contributed by atoms with Crippen LogP contribution >= 0.6 is 0 Å². The maximum atomic E-state index is 12.6. The second-order valence-corrected chi connectivity index (χ2v) is 6.27. The van der Waals surface area contributed by atoms with Crippen LogP contribution in [0, 0.1) is 0 Å². The Kier molecular flexibility index (Phi) is 4.92. The quantitative estimate of drug-likeness (QED) is 0.897. The highest BCUT2D eigenvalue weighted by Crippen LogP contribution is 2.39. The Morgan fingerprint density at radius 2 is 1.83 bits per heavy atom. The summed E-state index contributed by atoms with van der Waals surface area (Å²) < 4.78 is 10.8. The van der Waals surface area contributed by atoms with Crippen molar-refractivity contribution in [2.75, 3.05) is 27.3 Å². The lowest BCUT2D eigenvalue weighted by Gasteiger charge is -2.38. The zero-order chi connectivity index (χ0) is 17.1. The monoisotopic (exact) mass is 332 g/mol. The molecule has 0 aromatic heterocycles. The van der Waals surface area contributed by atoms with E-state index in [2.05, 4.69) is 5.32 Å². The van der Waals surface area contributed by atoms with Gasteiger partial charge >= 0.3 is 0 Å². The lowest BCUT2D eigenvalue weighted by Crippen LogP contribution is -2.43. The second kappa shape index (κ2) is 7.11. The largest absolute Gasteiger partial charge is 0.493 e. The number of fused-ring (bicyclic) bond motifs is 3. The molecule has 1 saturated heterocycles. The van der Waals surface area contributed by atoms with Crippen LogP contribution in [0.2, 0.25) is 0 Å². The number of nitrogens with zero attached hydrogens (tertiary/aromatic N) is 1. The number of rotatable bonds is 2. The summed E-state index contributed by atoms with van der Waals surface area (Å²) in [5.74, 6) is 1.43. The van der Waals surface area contributed by atoms with Crippen molar-refractivity contribution < 1.29 is 19.1 Å². The molecule has 130 valence electrons. The summed E-state index contributed by atoms with van der Waals surface area (Å²) in [6, 6.07) is 3.64. The average Bonchev–Trinajstić information content (AvgIpc) is 2.59. The standard InChI is InChI=1S/C18H24N2O4/c1-23-15-9-12-6-8-20-14(13(12)10-16(15)24-2)11-17(21)19-7-4-3-5-18(20)22/h9-10,14H,3-8,11H2,1-2H3,(H,19,21). The van der Waals surface area contributed by atoms with E-state index >= 15 is 0 Å². The average molecular weight is 332 g/mol. The van der Waals surface area contributed by atoms with Gasteiger partial charge in [0.15, 0.2) is 11.5 Å². The first-order valence-corrected chi connectivity index (χ1v) is 8.45. The number of hydrogen-bond donors (Lipinski definition) is 1. The Bertz CT molecular complexity index is 644. The van der Waals surface area contributed by atoms with E-state index in [9.17, 15) is 9.59 Å². The topological polar surface area (TPSA) is 67.9 Å². The van der Waals surface area contributed by atoms with Crippen molar-refractivity contribution in [1.29, 1.82) is 0 Å². The van der Waals surface area contributed by atoms with Crippen LogP contribution in [0.4, 0.5) is 0 Å². The molecular formula is C18H24N2O4. The number of amides is 2. The summed E-state index contributed by atoms with van der Waals surface area (Å²) >= 11 is 0. The predicted molar refractivity (Wildman–Crippen MR) is 89.2 cm³/mol. The third-order valence-electron chi connectivity index (χ3n) is 4.84. The van der Waals surface area contributed by atoms with Gasteiger partial charge in [0.2, 0.25) is 11.8 Å². The van der Waals surface area contributed by atoms with Gasteiger partial charge in [0.05, 0.1) is 26.7 Å². The van der Waals surface area contributed by atoms with Crippen LogP contribution in [0.5, 0.6) is 11.5 Å². The van der Waals surface area contributed by atoms with Gasteiger partial charge in [-0.3, -0.25) is 9.59 Å². The van der Waals surface area contributed by atoms with Gasteiger partial charge in [-0.05, 0) is 42.5 Å². The van der Waals surface area contributed by atoms with E-state index in [1.54, 1.807) is 14.2 Å². The molecule has 2 aliphatic heterocycles. The van der Waals surface area contributed by atoms with E-state index in [0.717, 1.165) is 30.4 Å². The van der Waals surface area contributed by atoms with Crippen LogP contribution in [0.1, 0.15) is 42.9 Å². The molecule has 6 nitrogen and oxygen atoms in total. The highest BCUT2D eigenvalue weighted by molar-refractivity contribution is 5.81. The minimum atomic E-state index is -0.237. The van der Waals surface area contributed by atoms with Crippen molar-refractivity contribution in [2.45, 2.75) is 38.1 Å². The zero-order valence-corrected chi connectivity index (χ0v) is 14.3. The van der Waals surface area contributed by atoms with Gasteiger partial charge in [-0.1, -0.05) is 0 Å². The molecule has 0 aliphatic carbocycles. The molecule has 1 aromatic rings. The highest BCUT2D eigenvalue weighted by atomic mass is 16.5. The van der Waals surface area contributed by atoms with Crippen molar-refractivity contribution >= 4 is 11.8 Å². The summed E-state index contributed by atoms with van der Waals surface area (Å²) in [5, 5.41) is 2.95. The smallest absolute Gasteiger partial charge is 0.223 e. The molecule has 1 unspecified atom stereocenters. The summed E-state index contributed by atoms with van der Waals surface area (Å²) in [5.41, 5.74) is 2.11. The van der Waals surface area contributed by atoms with Gasteiger partial charge in [-0.25, -0.2) is 0 Å². The van der Waals surface area contributed by atoms with Gasteiger partial charge in [0.25, 0.3) is 0 Å². The summed E-state index contributed by atoms with van der Waals surface area (Å²) in [6.07, 6.45) is 3.24. The first-order valence-electron chi connectivity index (χ1n) is 8.45. The number of benzene rings is 1. The molecular weight excluding hydrogens is 308 g/mol. The zero-order valence-electron chi connectivity index (χ0n) is 14.3. The first kappa shape index (κ1) is 16.6. The Morgan fingerprint density at radius 3 is 2.58 bits per heavy atom. The third-order valence-corrected chi connectivity index (χ3v) is 4.84. The van der Waals surface area contributed by atoms with Gasteiger partial charge < -0.3 is 19.7 Å². The molecule has 1 aromatic carbocycles. The fourth-order valence-electron chi connectivity index (χ4n) is 3.57. The van der Waals surface area contributed by atoms with Crippen LogP contribution < -0.4 is 14.8 Å². The van der Waals surface area contributed by atoms with Crippen molar-refractivity contribution in [1.82, 2.24) is 10.2 Å². The minimum Gasteiger partial charge on any atom is -0.493 e. The summed E-state index contributed by atoms with van der Waals surface area (Å²) in [6.45, 7) is 1.27. The molecule has 1 N–H and O–H groups in total. The number of hydrogen-bond acceptors (Lipinski definition) is 4. The predicted octanol–water partition coefficient (Wildman–Crippen LogP) is 1.82. The molecule has 0 saturated carbocycles. The number of ether oxygens (including phenoxy) is 2. The van der Waals surface area contributed by atoms with E-state index in [-0.39, 0.29) is 24.3 Å². The minimum absolute atomic E-state index is 0.0117. The van der Waals surface area contributed by atoms with Crippen LogP contribution in [0.15, 0.2) is 12.1 Å². The van der Waals surface area contributed by atoms with Crippen molar-refractivity contribution in [3.05, 3.63) is 23.3 Å². The number of carbonyl (C=O) groups excluding carboxylic acids is 2. The Morgan fingerprint density at radius 1 is 1.08 bits per heavy atom. The third kappa shape index (κ3) is 3.18. The first-order chi connectivity index (χ1) is 11.6. The maximum absolute atomic E-state index is 12.6. The molecule has 24 heavy (non-hydrogen) atoms. The molecule has 2 amide bonds. The molecule has 2 heterocycles. The number of methoxy groups -OCH3 is 2. The van der Waals surface area contributed by atoms with E-state index < -0.39 is 0 Å². The van der Waals surface area contributed by atoms with Crippen molar-refractivity contribution in [2.24, 2.45) is 0 Å². The Labute approximate surface area is 142 Å². The molecule has 1 fully saturated rings. The van der Waals surface area contributed by atoms with E-state index in [0.29, 0.717) is 31.0 Å². The van der Waals surface area contributed by atoms with E-state index in [1.165, 1.54) is 0 Å². The fraction of sp³-hybridized carbons (Fsp3) is 0.556. The molecule has 2 aliphatic rings. The maximum Gasteiger partial charge on any atom is 0.223 e. The van der Waals surface area contributed by atoms with E-state index in [4.69, 9.17) is 9.47 Å². The fourth-order valence-corrected chi connectivity index (χ4v) is 3.57. The van der Waals surface area contributed by atoms with E-state index in [1.807, 2.05) is 17.0 Å². The molecule has 0 spiro atoms. The molecule has 0 bridgehead atoms. The molecule has 3 rings (SSSR count). The van der Waals surface area contributed by atoms with Gasteiger partial charge in [-0.2, -0.15) is 0 Å². The summed E-state index contributed by atoms with van der Waals surface area (Å²) in [7, 11) is 3.20. The van der Waals surface area contributed by atoms with Gasteiger partial charge in [0, 0.05) is 19.5 Å². The van der Waals surface area contributed by atoms with Crippen LogP contribution in [-0.4, -0.2) is 44.0 Å². The Balaban J connectivity index is 2.01. The van der Waals surface area contributed by atoms with Gasteiger partial charge in [-0.15, -0.1) is 0 Å². The summed E-state index contributed by atoms with van der Waals surface area (Å²) in [4.78, 5) is 26.7. The van der Waals surface area contributed by atoms with Crippen LogP contribution in [-0.2, 0) is 16.0 Å². The number of nitrogens with one attached hydrogen (secondary N) is 1. The van der Waals surface area contributed by atoms with Gasteiger partial charge in [0.1, 0.15) is 0 Å². The lowest BCUT2D eigenvalue weighted by atomic mass is 9.89.